The van der Waals surface area contributed by atoms with Crippen molar-refractivity contribution in [2.24, 2.45) is 0 Å². The number of nitrogen functional groups attached to an aromatic ring is 1. The highest BCUT2D eigenvalue weighted by atomic mass is 32.2. The molecule has 0 saturated heterocycles. The molecule has 1 heterocycles. The molecule has 2 aromatic carbocycles. The van der Waals surface area contributed by atoms with Gasteiger partial charge in [-0.3, -0.25) is 0 Å². The normalized spacial score (nSPS) is 16.9. The number of anilines is 1. The maximum Gasteiger partial charge on any atom is 0.161 e. The fourth-order valence-electron chi connectivity index (χ4n) is 1.93. The second-order valence-corrected chi connectivity index (χ2v) is 5.59. The Kier molecular flexibility index (Phi) is 3.69. The van der Waals surface area contributed by atoms with Gasteiger partial charge in [-0.05, 0) is 30.3 Å². The Morgan fingerprint density at radius 1 is 1.20 bits per heavy atom. The molecule has 0 aliphatic carbocycles. The molecule has 1 atom stereocenters. The number of hydrogen-bond donors (Lipinski definition) is 1. The van der Waals surface area contributed by atoms with Crippen molar-refractivity contribution in [2.45, 2.75) is 11.0 Å². The van der Waals surface area contributed by atoms with Crippen molar-refractivity contribution in [1.29, 1.82) is 0 Å². The minimum Gasteiger partial charge on any atom is -0.486 e. The van der Waals surface area contributed by atoms with Crippen LogP contribution in [-0.4, -0.2) is 18.5 Å². The first-order chi connectivity index (χ1) is 9.72. The van der Waals surface area contributed by atoms with Gasteiger partial charge in [0.25, 0.3) is 0 Å². The van der Waals surface area contributed by atoms with Crippen LogP contribution in [-0.2, 0) is 0 Å². The molecule has 1 aliphatic rings. The largest absolute Gasteiger partial charge is 0.486 e. The molecule has 0 fully saturated rings. The lowest BCUT2D eigenvalue weighted by molar-refractivity contribution is 0.107. The molecule has 5 heteroatoms. The van der Waals surface area contributed by atoms with E-state index in [9.17, 15) is 4.39 Å². The number of ether oxygens (including phenoxy) is 2. The van der Waals surface area contributed by atoms with E-state index >= 15 is 0 Å². The molecule has 0 amide bonds. The van der Waals surface area contributed by atoms with E-state index in [4.69, 9.17) is 15.2 Å². The van der Waals surface area contributed by atoms with Crippen LogP contribution in [0.2, 0.25) is 0 Å². The quantitative estimate of drug-likeness (QED) is 0.696. The number of rotatable bonds is 3. The Labute approximate surface area is 120 Å². The fourth-order valence-corrected chi connectivity index (χ4v) is 2.83. The Morgan fingerprint density at radius 2 is 2.00 bits per heavy atom. The summed E-state index contributed by atoms with van der Waals surface area (Å²) in [7, 11) is 0. The minimum absolute atomic E-state index is 0.0458. The molecular weight excluding hydrogens is 277 g/mol. The van der Waals surface area contributed by atoms with Crippen LogP contribution < -0.4 is 15.2 Å². The van der Waals surface area contributed by atoms with Crippen LogP contribution in [0.3, 0.4) is 0 Å². The molecule has 3 nitrogen and oxygen atoms in total. The lowest BCUT2D eigenvalue weighted by atomic mass is 10.3. The van der Waals surface area contributed by atoms with Crippen LogP contribution in [0.25, 0.3) is 0 Å². The number of nitrogens with two attached hydrogens (primary N) is 1. The predicted molar refractivity (Wildman–Crippen MR) is 77.9 cm³/mol. The van der Waals surface area contributed by atoms with Crippen molar-refractivity contribution in [3.05, 3.63) is 48.3 Å². The van der Waals surface area contributed by atoms with Gasteiger partial charge >= 0.3 is 0 Å². The first-order valence-corrected chi connectivity index (χ1v) is 7.27. The molecule has 1 unspecified atom stereocenters. The number of thioether (sulfide) groups is 1. The van der Waals surface area contributed by atoms with E-state index in [1.807, 2.05) is 24.3 Å². The van der Waals surface area contributed by atoms with Crippen LogP contribution in [0.15, 0.2) is 47.4 Å². The molecule has 1 aliphatic heterocycles. The third-order valence-corrected chi connectivity index (χ3v) is 4.10. The smallest absolute Gasteiger partial charge is 0.161 e. The van der Waals surface area contributed by atoms with Gasteiger partial charge in [0, 0.05) is 10.6 Å². The maximum atomic E-state index is 13.3. The Bertz CT molecular complexity index is 621. The first kappa shape index (κ1) is 13.1. The number of para-hydroxylation sites is 2. The van der Waals surface area contributed by atoms with Crippen LogP contribution in [0.4, 0.5) is 10.1 Å². The van der Waals surface area contributed by atoms with Crippen LogP contribution in [0.5, 0.6) is 11.5 Å². The molecule has 20 heavy (non-hydrogen) atoms. The van der Waals surface area contributed by atoms with E-state index in [2.05, 4.69) is 0 Å². The van der Waals surface area contributed by atoms with Crippen molar-refractivity contribution < 1.29 is 13.9 Å². The zero-order chi connectivity index (χ0) is 13.9. The average Bonchev–Trinajstić information content (AvgIpc) is 2.48. The van der Waals surface area contributed by atoms with Crippen molar-refractivity contribution in [2.75, 3.05) is 18.1 Å². The summed E-state index contributed by atoms with van der Waals surface area (Å²) in [5.74, 6) is 1.83. The van der Waals surface area contributed by atoms with Crippen molar-refractivity contribution in [1.82, 2.24) is 0 Å². The van der Waals surface area contributed by atoms with Crippen molar-refractivity contribution in [3.8, 4) is 11.5 Å². The Morgan fingerprint density at radius 3 is 2.80 bits per heavy atom. The summed E-state index contributed by atoms with van der Waals surface area (Å²) in [5.41, 5.74) is 5.62. The van der Waals surface area contributed by atoms with E-state index < -0.39 is 0 Å². The van der Waals surface area contributed by atoms with E-state index in [-0.39, 0.29) is 17.6 Å². The highest BCUT2D eigenvalue weighted by molar-refractivity contribution is 7.99. The summed E-state index contributed by atoms with van der Waals surface area (Å²) >= 11 is 1.52. The molecule has 0 saturated carbocycles. The van der Waals surface area contributed by atoms with Gasteiger partial charge in [-0.15, -0.1) is 11.8 Å². The highest BCUT2D eigenvalue weighted by Gasteiger charge is 2.20. The molecule has 0 bridgehead atoms. The van der Waals surface area contributed by atoms with E-state index in [0.29, 0.717) is 12.4 Å². The number of benzene rings is 2. The summed E-state index contributed by atoms with van der Waals surface area (Å²) in [6.07, 6.45) is -0.0458. The molecular formula is C15H14FNO2S. The van der Waals surface area contributed by atoms with Gasteiger partial charge in [-0.25, -0.2) is 4.39 Å². The summed E-state index contributed by atoms with van der Waals surface area (Å²) in [4.78, 5) is 0.833. The second kappa shape index (κ2) is 5.63. The topological polar surface area (TPSA) is 44.5 Å². The van der Waals surface area contributed by atoms with Gasteiger partial charge in [-0.1, -0.05) is 12.1 Å². The van der Waals surface area contributed by atoms with Crippen molar-refractivity contribution >= 4 is 17.4 Å². The average molecular weight is 291 g/mol. The number of halogens is 1. The van der Waals surface area contributed by atoms with Gasteiger partial charge in [-0.2, -0.15) is 0 Å². The molecule has 2 aromatic rings. The molecule has 2 N–H and O–H groups in total. The number of fused-ring (bicyclic) bond motifs is 1. The lowest BCUT2D eigenvalue weighted by Gasteiger charge is -2.26. The van der Waals surface area contributed by atoms with E-state index in [1.165, 1.54) is 17.8 Å². The maximum absolute atomic E-state index is 13.3. The Balaban J connectivity index is 1.61. The first-order valence-electron chi connectivity index (χ1n) is 6.28. The van der Waals surface area contributed by atoms with Crippen LogP contribution in [0, 0.1) is 5.82 Å². The molecule has 0 aromatic heterocycles. The third-order valence-electron chi connectivity index (χ3n) is 2.98. The summed E-state index contributed by atoms with van der Waals surface area (Å²) in [6.45, 7) is 0.501. The number of hydrogen-bond acceptors (Lipinski definition) is 4. The fraction of sp³-hybridized carbons (Fsp3) is 0.200. The Hall–Kier alpha value is -1.88. The van der Waals surface area contributed by atoms with Gasteiger partial charge in [0.2, 0.25) is 0 Å². The third kappa shape index (κ3) is 2.82. The van der Waals surface area contributed by atoms with Crippen LogP contribution >= 0.6 is 11.8 Å². The predicted octanol–water partition coefficient (Wildman–Crippen LogP) is 3.34. The zero-order valence-corrected chi connectivity index (χ0v) is 11.5. The van der Waals surface area contributed by atoms with Crippen molar-refractivity contribution in [3.63, 3.8) is 0 Å². The van der Waals surface area contributed by atoms with E-state index in [1.54, 1.807) is 12.1 Å². The summed E-state index contributed by atoms with van der Waals surface area (Å²) in [5, 5.41) is 0. The minimum atomic E-state index is -0.388. The molecule has 104 valence electrons. The second-order valence-electron chi connectivity index (χ2n) is 4.49. The van der Waals surface area contributed by atoms with Gasteiger partial charge in [0.1, 0.15) is 18.5 Å². The van der Waals surface area contributed by atoms with Gasteiger partial charge in [0.05, 0.1) is 5.69 Å². The van der Waals surface area contributed by atoms with E-state index in [0.717, 1.165) is 16.4 Å². The SMILES string of the molecule is Nc1ccc(SCC2COc3ccccc3O2)cc1F. The van der Waals surface area contributed by atoms with Crippen LogP contribution in [0.1, 0.15) is 0 Å². The monoisotopic (exact) mass is 291 g/mol. The zero-order valence-electron chi connectivity index (χ0n) is 10.7. The molecule has 0 radical (unpaired) electrons. The summed E-state index contributed by atoms with van der Waals surface area (Å²) < 4.78 is 24.8. The highest BCUT2D eigenvalue weighted by Crippen LogP contribution is 2.32. The van der Waals surface area contributed by atoms with Gasteiger partial charge < -0.3 is 15.2 Å². The van der Waals surface area contributed by atoms with Gasteiger partial charge in [0.15, 0.2) is 11.5 Å². The standard InChI is InChI=1S/C15H14FNO2S/c16-12-7-11(5-6-13(12)17)20-9-10-8-18-14-3-1-2-4-15(14)19-10/h1-7,10H,8-9,17H2. The molecule has 0 spiro atoms. The molecule has 3 rings (SSSR count). The lowest BCUT2D eigenvalue weighted by Crippen LogP contribution is -2.31. The summed E-state index contributed by atoms with van der Waals surface area (Å²) in [6, 6.07) is 12.4.